The van der Waals surface area contributed by atoms with E-state index in [1.54, 1.807) is 30.6 Å². The van der Waals surface area contributed by atoms with E-state index in [9.17, 15) is 13.2 Å². The van der Waals surface area contributed by atoms with Crippen molar-refractivity contribution in [1.29, 1.82) is 0 Å². The summed E-state index contributed by atoms with van der Waals surface area (Å²) in [6.45, 7) is 5.87. The predicted molar refractivity (Wildman–Crippen MR) is 108 cm³/mol. The van der Waals surface area contributed by atoms with Crippen molar-refractivity contribution >= 4 is 27.3 Å². The second-order valence-electron chi connectivity index (χ2n) is 6.10. The molecule has 8 heteroatoms. The van der Waals surface area contributed by atoms with Crippen molar-refractivity contribution in [2.75, 3.05) is 35.1 Å². The third-order valence-electron chi connectivity index (χ3n) is 4.17. The lowest BCUT2D eigenvalue weighted by Crippen LogP contribution is -2.40. The second-order valence-corrected chi connectivity index (χ2v) is 8.00. The first kappa shape index (κ1) is 20.7. The van der Waals surface area contributed by atoms with Crippen LogP contribution in [0.5, 0.6) is 0 Å². The molecule has 1 heterocycles. The Bertz CT molecular complexity index is 835. The Morgan fingerprint density at radius 1 is 1.07 bits per heavy atom. The van der Waals surface area contributed by atoms with E-state index in [2.05, 4.69) is 29.0 Å². The van der Waals surface area contributed by atoms with Crippen molar-refractivity contribution in [2.24, 2.45) is 0 Å². The SMILES string of the molecule is CCN(CC)c1ccc(N(CC(=O)NCc2cccnc2)S(C)(=O)=O)cc1. The largest absolute Gasteiger partial charge is 0.372 e. The summed E-state index contributed by atoms with van der Waals surface area (Å²) in [6, 6.07) is 10.8. The zero-order valence-corrected chi connectivity index (χ0v) is 16.7. The maximum atomic E-state index is 12.3. The second kappa shape index (κ2) is 9.36. The van der Waals surface area contributed by atoms with Crippen LogP contribution in [0, 0.1) is 0 Å². The van der Waals surface area contributed by atoms with E-state index in [4.69, 9.17) is 0 Å². The summed E-state index contributed by atoms with van der Waals surface area (Å²) in [5.41, 5.74) is 2.32. The fourth-order valence-corrected chi connectivity index (χ4v) is 3.56. The van der Waals surface area contributed by atoms with Crippen molar-refractivity contribution in [3.8, 4) is 0 Å². The van der Waals surface area contributed by atoms with Crippen LogP contribution in [-0.2, 0) is 21.4 Å². The van der Waals surface area contributed by atoms with Gasteiger partial charge < -0.3 is 10.2 Å². The normalized spacial score (nSPS) is 11.1. The standard InChI is InChI=1S/C19H26N4O3S/c1-4-22(5-2)17-8-10-18(11-9-17)23(27(3,25)26)15-19(24)21-14-16-7-6-12-20-13-16/h6-13H,4-5,14-15H2,1-3H3,(H,21,24). The highest BCUT2D eigenvalue weighted by Crippen LogP contribution is 2.22. The Morgan fingerprint density at radius 3 is 2.22 bits per heavy atom. The molecule has 0 aliphatic heterocycles. The molecule has 0 aliphatic rings. The van der Waals surface area contributed by atoms with Crippen molar-refractivity contribution in [3.05, 3.63) is 54.4 Å². The number of pyridine rings is 1. The van der Waals surface area contributed by atoms with Crippen LogP contribution in [0.4, 0.5) is 11.4 Å². The van der Waals surface area contributed by atoms with Gasteiger partial charge >= 0.3 is 0 Å². The lowest BCUT2D eigenvalue weighted by molar-refractivity contribution is -0.119. The van der Waals surface area contributed by atoms with Crippen LogP contribution < -0.4 is 14.5 Å². The highest BCUT2D eigenvalue weighted by molar-refractivity contribution is 7.92. The van der Waals surface area contributed by atoms with Crippen molar-refractivity contribution < 1.29 is 13.2 Å². The average Bonchev–Trinajstić information content (AvgIpc) is 2.66. The third-order valence-corrected chi connectivity index (χ3v) is 5.31. The third kappa shape index (κ3) is 5.96. The summed E-state index contributed by atoms with van der Waals surface area (Å²) in [6.07, 6.45) is 4.40. The number of sulfonamides is 1. The van der Waals surface area contributed by atoms with Gasteiger partial charge in [0.2, 0.25) is 15.9 Å². The molecule has 7 nitrogen and oxygen atoms in total. The number of nitrogens with one attached hydrogen (secondary N) is 1. The van der Waals surface area contributed by atoms with Crippen LogP contribution in [0.25, 0.3) is 0 Å². The number of anilines is 2. The molecule has 0 saturated heterocycles. The molecule has 0 aliphatic carbocycles. The van der Waals surface area contributed by atoms with E-state index < -0.39 is 10.0 Å². The molecule has 0 saturated carbocycles. The topological polar surface area (TPSA) is 82.6 Å². The number of nitrogens with zero attached hydrogens (tertiary/aromatic N) is 3. The highest BCUT2D eigenvalue weighted by atomic mass is 32.2. The summed E-state index contributed by atoms with van der Waals surface area (Å²) < 4.78 is 25.5. The van der Waals surface area contributed by atoms with E-state index in [0.717, 1.165) is 34.9 Å². The summed E-state index contributed by atoms with van der Waals surface area (Å²) in [4.78, 5) is 18.4. The van der Waals surface area contributed by atoms with Gasteiger partial charge in [0.25, 0.3) is 0 Å². The van der Waals surface area contributed by atoms with Gasteiger partial charge in [-0.2, -0.15) is 0 Å². The highest BCUT2D eigenvalue weighted by Gasteiger charge is 2.21. The summed E-state index contributed by atoms with van der Waals surface area (Å²) in [5, 5.41) is 2.73. The van der Waals surface area contributed by atoms with E-state index in [1.807, 2.05) is 18.2 Å². The molecule has 0 atom stereocenters. The maximum Gasteiger partial charge on any atom is 0.241 e. The van der Waals surface area contributed by atoms with Crippen LogP contribution in [0.2, 0.25) is 0 Å². The molecule has 0 spiro atoms. The van der Waals surface area contributed by atoms with Crippen molar-refractivity contribution in [1.82, 2.24) is 10.3 Å². The fourth-order valence-electron chi connectivity index (χ4n) is 2.71. The quantitative estimate of drug-likeness (QED) is 0.708. The van der Waals surface area contributed by atoms with Crippen LogP contribution in [0.15, 0.2) is 48.8 Å². The summed E-state index contributed by atoms with van der Waals surface area (Å²) in [7, 11) is -3.59. The lowest BCUT2D eigenvalue weighted by Gasteiger charge is -2.24. The molecule has 1 aromatic heterocycles. The van der Waals surface area contributed by atoms with Gasteiger partial charge in [-0.25, -0.2) is 8.42 Å². The Labute approximate surface area is 161 Å². The van der Waals surface area contributed by atoms with Gasteiger partial charge in [-0.1, -0.05) is 6.07 Å². The zero-order chi connectivity index (χ0) is 19.9. The van der Waals surface area contributed by atoms with Gasteiger partial charge in [-0.3, -0.25) is 14.1 Å². The minimum Gasteiger partial charge on any atom is -0.372 e. The van der Waals surface area contributed by atoms with Crippen molar-refractivity contribution in [2.45, 2.75) is 20.4 Å². The minimum absolute atomic E-state index is 0.274. The first-order valence-electron chi connectivity index (χ1n) is 8.83. The smallest absolute Gasteiger partial charge is 0.241 e. The molecule has 2 rings (SSSR count). The predicted octanol–water partition coefficient (Wildman–Crippen LogP) is 2.01. The molecule has 1 amide bonds. The molecular weight excluding hydrogens is 364 g/mol. The summed E-state index contributed by atoms with van der Waals surface area (Å²) >= 11 is 0. The molecule has 2 aromatic rings. The van der Waals surface area contributed by atoms with Gasteiger partial charge in [-0.15, -0.1) is 0 Å². The van der Waals surface area contributed by atoms with E-state index in [-0.39, 0.29) is 12.5 Å². The molecular formula is C19H26N4O3S. The van der Waals surface area contributed by atoms with Crippen LogP contribution in [0.1, 0.15) is 19.4 Å². The Morgan fingerprint density at radius 2 is 1.70 bits per heavy atom. The number of carbonyl (C=O) groups is 1. The van der Waals surface area contributed by atoms with Gasteiger partial charge in [-0.05, 0) is 49.7 Å². The van der Waals surface area contributed by atoms with Crippen LogP contribution in [-0.4, -0.2) is 45.2 Å². The molecule has 0 unspecified atom stereocenters. The Balaban J connectivity index is 2.10. The van der Waals surface area contributed by atoms with Crippen LogP contribution >= 0.6 is 0 Å². The average molecular weight is 391 g/mol. The fraction of sp³-hybridized carbons (Fsp3) is 0.368. The lowest BCUT2D eigenvalue weighted by atomic mass is 10.2. The first-order valence-corrected chi connectivity index (χ1v) is 10.7. The van der Waals surface area contributed by atoms with Gasteiger partial charge in [0.15, 0.2) is 0 Å². The number of hydrogen-bond acceptors (Lipinski definition) is 5. The van der Waals surface area contributed by atoms with E-state index >= 15 is 0 Å². The molecule has 1 N–H and O–H groups in total. The van der Waals surface area contributed by atoms with Gasteiger partial charge in [0, 0.05) is 37.7 Å². The number of amides is 1. The monoisotopic (exact) mass is 390 g/mol. The molecule has 1 aromatic carbocycles. The number of rotatable bonds is 9. The number of benzene rings is 1. The van der Waals surface area contributed by atoms with E-state index in [1.165, 1.54) is 0 Å². The van der Waals surface area contributed by atoms with Gasteiger partial charge in [0.1, 0.15) is 6.54 Å². The van der Waals surface area contributed by atoms with Gasteiger partial charge in [0.05, 0.1) is 11.9 Å². The number of hydrogen-bond donors (Lipinski definition) is 1. The Hall–Kier alpha value is -2.61. The first-order chi connectivity index (χ1) is 12.8. The number of aromatic nitrogens is 1. The molecule has 27 heavy (non-hydrogen) atoms. The maximum absolute atomic E-state index is 12.3. The number of carbonyl (C=O) groups excluding carboxylic acids is 1. The van der Waals surface area contributed by atoms with E-state index in [0.29, 0.717) is 12.2 Å². The van der Waals surface area contributed by atoms with Crippen LogP contribution in [0.3, 0.4) is 0 Å². The molecule has 0 bridgehead atoms. The zero-order valence-electron chi connectivity index (χ0n) is 15.9. The Kier molecular flexibility index (Phi) is 7.18. The molecule has 146 valence electrons. The summed E-state index contributed by atoms with van der Waals surface area (Å²) in [5.74, 6) is -0.378. The molecule has 0 radical (unpaired) electrons. The van der Waals surface area contributed by atoms with Crippen molar-refractivity contribution in [3.63, 3.8) is 0 Å². The molecule has 0 fully saturated rings. The minimum atomic E-state index is -3.59.